The number of carboxylic acid groups (broad SMARTS) is 1. The van der Waals surface area contributed by atoms with Gasteiger partial charge >= 0.3 is 5.97 Å². The van der Waals surface area contributed by atoms with Gasteiger partial charge in [0.05, 0.1) is 0 Å². The molecule has 0 aliphatic rings. The first kappa shape index (κ1) is 16.3. The predicted octanol–water partition coefficient (Wildman–Crippen LogP) is 2.33. The minimum absolute atomic E-state index is 0.175. The number of halogens is 1. The van der Waals surface area contributed by atoms with E-state index in [0.29, 0.717) is 17.2 Å². The molecule has 0 aliphatic carbocycles. The Morgan fingerprint density at radius 1 is 1.30 bits per heavy atom. The van der Waals surface area contributed by atoms with Gasteiger partial charge in [-0.25, -0.2) is 4.79 Å². The van der Waals surface area contributed by atoms with Crippen LogP contribution in [0, 0.1) is 5.92 Å². The first-order valence-corrected chi connectivity index (χ1v) is 6.67. The van der Waals surface area contributed by atoms with Crippen molar-refractivity contribution < 1.29 is 19.4 Å². The highest BCUT2D eigenvalue weighted by atomic mass is 35.5. The van der Waals surface area contributed by atoms with Crippen LogP contribution in [0.2, 0.25) is 5.02 Å². The number of carboxylic acids is 1. The summed E-state index contributed by atoms with van der Waals surface area (Å²) in [5.74, 6) is -0.833. The number of carbonyl (C=O) groups is 2. The molecule has 5 nitrogen and oxygen atoms in total. The fourth-order valence-corrected chi connectivity index (χ4v) is 1.73. The molecule has 20 heavy (non-hydrogen) atoms. The Bertz CT molecular complexity index is 459. The quantitative estimate of drug-likeness (QED) is 0.810. The number of amides is 1. The van der Waals surface area contributed by atoms with E-state index < -0.39 is 17.9 Å². The highest BCUT2D eigenvalue weighted by Crippen LogP contribution is 2.15. The van der Waals surface area contributed by atoms with Crippen LogP contribution in [0.25, 0.3) is 0 Å². The van der Waals surface area contributed by atoms with Crippen LogP contribution >= 0.6 is 11.6 Å². The van der Waals surface area contributed by atoms with Gasteiger partial charge in [-0.3, -0.25) is 4.79 Å². The zero-order valence-electron chi connectivity index (χ0n) is 11.4. The molecular formula is C14H18ClNO4. The summed E-state index contributed by atoms with van der Waals surface area (Å²) in [6.07, 6.45) is 0.377. The summed E-state index contributed by atoms with van der Waals surface area (Å²) < 4.78 is 5.24. The Hall–Kier alpha value is -1.75. The van der Waals surface area contributed by atoms with Crippen molar-refractivity contribution in [2.24, 2.45) is 5.92 Å². The van der Waals surface area contributed by atoms with Crippen LogP contribution in [0.5, 0.6) is 5.75 Å². The lowest BCUT2D eigenvalue weighted by Crippen LogP contribution is -2.43. The van der Waals surface area contributed by atoms with Gasteiger partial charge in [-0.2, -0.15) is 0 Å². The van der Waals surface area contributed by atoms with E-state index in [9.17, 15) is 9.59 Å². The first-order chi connectivity index (χ1) is 9.38. The molecule has 0 saturated heterocycles. The van der Waals surface area contributed by atoms with E-state index in [1.165, 1.54) is 0 Å². The molecule has 2 N–H and O–H groups in total. The molecule has 110 valence electrons. The Balaban J connectivity index is 2.45. The number of rotatable bonds is 7. The Kier molecular flexibility index (Phi) is 6.31. The Labute approximate surface area is 122 Å². The molecule has 1 aromatic carbocycles. The lowest BCUT2D eigenvalue weighted by atomic mass is 10.0. The number of carbonyl (C=O) groups excluding carboxylic acids is 1. The zero-order chi connectivity index (χ0) is 15.1. The smallest absolute Gasteiger partial charge is 0.326 e. The molecule has 1 amide bonds. The van der Waals surface area contributed by atoms with Crippen molar-refractivity contribution in [3.63, 3.8) is 0 Å². The predicted molar refractivity (Wildman–Crippen MR) is 76.0 cm³/mol. The van der Waals surface area contributed by atoms with Crippen LogP contribution in [0.15, 0.2) is 24.3 Å². The lowest BCUT2D eigenvalue weighted by molar-refractivity contribution is -0.142. The van der Waals surface area contributed by atoms with E-state index in [-0.39, 0.29) is 12.5 Å². The van der Waals surface area contributed by atoms with Crippen LogP contribution in [0.3, 0.4) is 0 Å². The highest BCUT2D eigenvalue weighted by molar-refractivity contribution is 6.30. The fourth-order valence-electron chi connectivity index (χ4n) is 1.61. The van der Waals surface area contributed by atoms with Gasteiger partial charge in [0.2, 0.25) is 0 Å². The minimum Gasteiger partial charge on any atom is -0.484 e. The van der Waals surface area contributed by atoms with Crippen LogP contribution in [-0.2, 0) is 9.59 Å². The molecule has 0 fully saturated rings. The summed E-state index contributed by atoms with van der Waals surface area (Å²) in [5.41, 5.74) is 0. The van der Waals surface area contributed by atoms with Crippen molar-refractivity contribution in [3.8, 4) is 5.75 Å². The number of aliphatic carboxylic acids is 1. The van der Waals surface area contributed by atoms with E-state index >= 15 is 0 Å². The van der Waals surface area contributed by atoms with Crippen molar-refractivity contribution >= 4 is 23.5 Å². The second-order valence-corrected chi connectivity index (χ2v) is 5.27. The summed E-state index contributed by atoms with van der Waals surface area (Å²) >= 11 is 5.73. The molecule has 0 radical (unpaired) electrons. The average Bonchev–Trinajstić information content (AvgIpc) is 2.36. The maximum Gasteiger partial charge on any atom is 0.326 e. The molecule has 1 atom stereocenters. The van der Waals surface area contributed by atoms with E-state index in [4.69, 9.17) is 21.4 Å². The number of ether oxygens (including phenoxy) is 1. The van der Waals surface area contributed by atoms with Crippen molar-refractivity contribution in [1.82, 2.24) is 5.32 Å². The Morgan fingerprint density at radius 2 is 1.90 bits per heavy atom. The molecule has 1 aromatic rings. The normalized spacial score (nSPS) is 12.0. The van der Waals surface area contributed by atoms with Gasteiger partial charge in [-0.15, -0.1) is 0 Å². The van der Waals surface area contributed by atoms with E-state index in [1.807, 2.05) is 13.8 Å². The van der Waals surface area contributed by atoms with E-state index in [2.05, 4.69) is 5.32 Å². The molecule has 0 bridgehead atoms. The monoisotopic (exact) mass is 299 g/mol. The topological polar surface area (TPSA) is 75.6 Å². The van der Waals surface area contributed by atoms with Crippen molar-refractivity contribution in [3.05, 3.63) is 29.3 Å². The van der Waals surface area contributed by atoms with Gasteiger partial charge in [0.1, 0.15) is 11.8 Å². The molecule has 0 unspecified atom stereocenters. The molecule has 0 aliphatic heterocycles. The molecule has 0 saturated carbocycles. The van der Waals surface area contributed by atoms with Gasteiger partial charge in [-0.05, 0) is 36.6 Å². The second kappa shape index (κ2) is 7.75. The van der Waals surface area contributed by atoms with Gasteiger partial charge in [0.25, 0.3) is 5.91 Å². The number of benzene rings is 1. The maximum absolute atomic E-state index is 11.7. The van der Waals surface area contributed by atoms with Crippen LogP contribution in [-0.4, -0.2) is 29.6 Å². The largest absolute Gasteiger partial charge is 0.484 e. The molecule has 0 spiro atoms. The summed E-state index contributed by atoms with van der Waals surface area (Å²) in [6, 6.07) is 5.68. The van der Waals surface area contributed by atoms with Gasteiger partial charge < -0.3 is 15.2 Å². The standard InChI is InChI=1S/C14H18ClNO4/c1-9(2)7-12(14(18)19)16-13(17)8-20-11-5-3-10(15)4-6-11/h3-6,9,12H,7-8H2,1-2H3,(H,16,17)(H,18,19)/t12-/m1/s1. The number of hydrogen-bond acceptors (Lipinski definition) is 3. The van der Waals surface area contributed by atoms with Crippen LogP contribution in [0.1, 0.15) is 20.3 Å². The number of hydrogen-bond donors (Lipinski definition) is 2. The molecule has 1 rings (SSSR count). The van der Waals surface area contributed by atoms with Crippen LogP contribution in [0.4, 0.5) is 0 Å². The molecular weight excluding hydrogens is 282 g/mol. The first-order valence-electron chi connectivity index (χ1n) is 6.29. The third-order valence-corrected chi connectivity index (χ3v) is 2.78. The molecule has 6 heteroatoms. The van der Waals surface area contributed by atoms with Crippen molar-refractivity contribution in [2.75, 3.05) is 6.61 Å². The minimum atomic E-state index is -1.04. The third kappa shape index (κ3) is 5.93. The molecule has 0 aromatic heterocycles. The number of nitrogens with one attached hydrogen (secondary N) is 1. The highest BCUT2D eigenvalue weighted by Gasteiger charge is 2.21. The lowest BCUT2D eigenvalue weighted by Gasteiger charge is -2.16. The second-order valence-electron chi connectivity index (χ2n) is 4.83. The third-order valence-electron chi connectivity index (χ3n) is 2.52. The molecule has 0 heterocycles. The van der Waals surface area contributed by atoms with Crippen molar-refractivity contribution in [1.29, 1.82) is 0 Å². The van der Waals surface area contributed by atoms with Gasteiger partial charge in [0, 0.05) is 5.02 Å². The van der Waals surface area contributed by atoms with Crippen molar-refractivity contribution in [2.45, 2.75) is 26.3 Å². The van der Waals surface area contributed by atoms with Gasteiger partial charge in [0.15, 0.2) is 6.61 Å². The summed E-state index contributed by atoms with van der Waals surface area (Å²) in [7, 11) is 0. The Morgan fingerprint density at radius 3 is 2.40 bits per heavy atom. The summed E-state index contributed by atoms with van der Waals surface area (Å²) in [4.78, 5) is 22.7. The summed E-state index contributed by atoms with van der Waals surface area (Å²) in [5, 5.41) is 12.0. The average molecular weight is 300 g/mol. The van der Waals surface area contributed by atoms with E-state index in [0.717, 1.165) is 0 Å². The zero-order valence-corrected chi connectivity index (χ0v) is 12.2. The van der Waals surface area contributed by atoms with Gasteiger partial charge in [-0.1, -0.05) is 25.4 Å². The maximum atomic E-state index is 11.7. The van der Waals surface area contributed by atoms with Crippen LogP contribution < -0.4 is 10.1 Å². The SMILES string of the molecule is CC(C)C[C@@H](NC(=O)COc1ccc(Cl)cc1)C(=O)O. The van der Waals surface area contributed by atoms with E-state index in [1.54, 1.807) is 24.3 Å². The summed E-state index contributed by atoms with van der Waals surface area (Å²) in [6.45, 7) is 3.56. The fraction of sp³-hybridized carbons (Fsp3) is 0.429.